The molecule has 2 aromatic heterocycles. The van der Waals surface area contributed by atoms with Gasteiger partial charge >= 0.3 is 0 Å². The van der Waals surface area contributed by atoms with Crippen molar-refractivity contribution in [1.29, 1.82) is 0 Å². The third kappa shape index (κ3) is 2.93. The Bertz CT molecular complexity index is 606. The van der Waals surface area contributed by atoms with Gasteiger partial charge in [-0.15, -0.1) is 0 Å². The Morgan fingerprint density at radius 2 is 2.00 bits per heavy atom. The molecule has 0 aliphatic carbocycles. The topological polar surface area (TPSA) is 55.6 Å². The minimum atomic E-state index is 0.685. The van der Waals surface area contributed by atoms with Crippen molar-refractivity contribution in [2.75, 3.05) is 11.9 Å². The van der Waals surface area contributed by atoms with Crippen LogP contribution in [0.2, 0.25) is 5.02 Å². The lowest BCUT2D eigenvalue weighted by atomic mass is 10.4. The molecule has 0 amide bonds. The molecule has 0 atom stereocenters. The molecule has 20 heavy (non-hydrogen) atoms. The summed E-state index contributed by atoms with van der Waals surface area (Å²) in [4.78, 5) is 9.01. The summed E-state index contributed by atoms with van der Waals surface area (Å²) in [7, 11) is 0. The lowest BCUT2D eigenvalue weighted by molar-refractivity contribution is 0.782. The maximum Gasteiger partial charge on any atom is 0.159 e. The number of hydrogen-bond donors (Lipinski definition) is 1. The van der Waals surface area contributed by atoms with E-state index in [0.29, 0.717) is 5.02 Å². The smallest absolute Gasteiger partial charge is 0.159 e. The van der Waals surface area contributed by atoms with Crippen LogP contribution < -0.4 is 5.32 Å². The van der Waals surface area contributed by atoms with Gasteiger partial charge in [0.15, 0.2) is 5.82 Å². The minimum absolute atomic E-state index is 0.685. The summed E-state index contributed by atoms with van der Waals surface area (Å²) in [5.74, 6) is 2.38. The van der Waals surface area contributed by atoms with Crippen LogP contribution in [0, 0.1) is 13.8 Å². The van der Waals surface area contributed by atoms with Crippen molar-refractivity contribution >= 4 is 17.4 Å². The first-order valence-corrected chi connectivity index (χ1v) is 7.28. The summed E-state index contributed by atoms with van der Waals surface area (Å²) < 4.78 is 1.77. The lowest BCUT2D eigenvalue weighted by Crippen LogP contribution is -2.09. The number of rotatable bonds is 5. The van der Waals surface area contributed by atoms with Gasteiger partial charge in [-0.25, -0.2) is 14.6 Å². The average molecular weight is 294 g/mol. The highest BCUT2D eigenvalue weighted by Crippen LogP contribution is 2.22. The summed E-state index contributed by atoms with van der Waals surface area (Å²) in [6, 6.07) is 1.91. The number of anilines is 1. The number of aryl methyl sites for hydroxylation is 2. The molecule has 0 spiro atoms. The van der Waals surface area contributed by atoms with Crippen molar-refractivity contribution in [1.82, 2.24) is 19.7 Å². The number of halogens is 1. The summed E-state index contributed by atoms with van der Waals surface area (Å²) in [6.45, 7) is 8.88. The maximum atomic E-state index is 6.20. The van der Waals surface area contributed by atoms with Gasteiger partial charge in [0.2, 0.25) is 0 Å². The predicted octanol–water partition coefficient (Wildman–Crippen LogP) is 3.32. The molecule has 0 radical (unpaired) electrons. The largest absolute Gasteiger partial charge is 0.370 e. The van der Waals surface area contributed by atoms with E-state index in [9.17, 15) is 0 Å². The Labute approximate surface area is 124 Å². The highest BCUT2D eigenvalue weighted by molar-refractivity contribution is 6.31. The van der Waals surface area contributed by atoms with Crippen LogP contribution in [0.4, 0.5) is 5.82 Å². The summed E-state index contributed by atoms with van der Waals surface area (Å²) >= 11 is 6.20. The molecular weight excluding hydrogens is 274 g/mol. The molecule has 0 aromatic carbocycles. The van der Waals surface area contributed by atoms with Crippen LogP contribution in [-0.2, 0) is 6.42 Å². The van der Waals surface area contributed by atoms with Crippen LogP contribution in [0.5, 0.6) is 0 Å². The van der Waals surface area contributed by atoms with Crippen LogP contribution >= 0.6 is 11.6 Å². The summed E-state index contributed by atoms with van der Waals surface area (Å²) in [5.41, 5.74) is 1.70. The second kappa shape index (κ2) is 6.22. The van der Waals surface area contributed by atoms with Crippen molar-refractivity contribution in [2.24, 2.45) is 0 Å². The van der Waals surface area contributed by atoms with Gasteiger partial charge in [-0.1, -0.05) is 25.4 Å². The molecule has 2 heterocycles. The Balaban J connectivity index is 2.46. The van der Waals surface area contributed by atoms with E-state index in [1.807, 2.05) is 26.8 Å². The van der Waals surface area contributed by atoms with Crippen LogP contribution in [0.15, 0.2) is 6.07 Å². The van der Waals surface area contributed by atoms with Gasteiger partial charge in [-0.3, -0.25) is 0 Å². The van der Waals surface area contributed by atoms with Crippen LogP contribution in [0.25, 0.3) is 5.82 Å². The van der Waals surface area contributed by atoms with Gasteiger partial charge in [0, 0.05) is 19.0 Å². The molecule has 0 fully saturated rings. The highest BCUT2D eigenvalue weighted by Gasteiger charge is 2.13. The Morgan fingerprint density at radius 3 is 2.55 bits per heavy atom. The van der Waals surface area contributed by atoms with Crippen LogP contribution in [0.1, 0.15) is 37.5 Å². The van der Waals surface area contributed by atoms with Gasteiger partial charge < -0.3 is 5.32 Å². The molecule has 1 N–H and O–H groups in total. The van der Waals surface area contributed by atoms with Crippen molar-refractivity contribution in [2.45, 2.75) is 40.5 Å². The molecule has 108 valence electrons. The Kier molecular flexibility index (Phi) is 4.60. The van der Waals surface area contributed by atoms with Gasteiger partial charge in [0.05, 0.1) is 16.4 Å². The molecule has 0 saturated carbocycles. The molecule has 0 unspecified atom stereocenters. The first-order chi connectivity index (χ1) is 9.56. The fraction of sp³-hybridized carbons (Fsp3) is 0.500. The zero-order valence-corrected chi connectivity index (χ0v) is 13.1. The Morgan fingerprint density at radius 1 is 1.25 bits per heavy atom. The standard InChI is InChI=1S/C14H20ClN5/c1-5-7-16-12-8-13(18-11(6-2)17-12)20-10(4)14(15)9(3)19-20/h8H,5-7H2,1-4H3,(H,16,17,18). The Hall–Kier alpha value is -1.62. The van der Waals surface area contributed by atoms with E-state index in [1.54, 1.807) is 4.68 Å². The molecule has 6 heteroatoms. The molecule has 0 saturated heterocycles. The van der Waals surface area contributed by atoms with E-state index in [1.165, 1.54) is 0 Å². The zero-order valence-electron chi connectivity index (χ0n) is 12.4. The van der Waals surface area contributed by atoms with Gasteiger partial charge in [-0.05, 0) is 20.3 Å². The predicted molar refractivity (Wildman–Crippen MR) is 81.8 cm³/mol. The molecular formula is C14H20ClN5. The molecule has 5 nitrogen and oxygen atoms in total. The van der Waals surface area contributed by atoms with Crippen LogP contribution in [-0.4, -0.2) is 26.3 Å². The molecule has 0 aliphatic rings. The fourth-order valence-corrected chi connectivity index (χ4v) is 2.06. The highest BCUT2D eigenvalue weighted by atomic mass is 35.5. The van der Waals surface area contributed by atoms with Gasteiger partial charge in [-0.2, -0.15) is 5.10 Å². The van der Waals surface area contributed by atoms with Crippen molar-refractivity contribution in [3.63, 3.8) is 0 Å². The molecule has 2 rings (SSSR count). The molecule has 2 aromatic rings. The van der Waals surface area contributed by atoms with Crippen molar-refractivity contribution < 1.29 is 0 Å². The van der Waals surface area contributed by atoms with E-state index >= 15 is 0 Å². The maximum absolute atomic E-state index is 6.20. The fourth-order valence-electron chi connectivity index (χ4n) is 1.94. The second-order valence-corrected chi connectivity index (χ2v) is 5.08. The minimum Gasteiger partial charge on any atom is -0.370 e. The first-order valence-electron chi connectivity index (χ1n) is 6.90. The second-order valence-electron chi connectivity index (χ2n) is 4.70. The SMILES string of the molecule is CCCNc1cc(-n2nc(C)c(Cl)c2C)nc(CC)n1. The third-order valence-electron chi connectivity index (χ3n) is 3.05. The van der Waals surface area contributed by atoms with Crippen molar-refractivity contribution in [3.8, 4) is 5.82 Å². The normalized spacial score (nSPS) is 10.8. The van der Waals surface area contributed by atoms with E-state index < -0.39 is 0 Å². The monoisotopic (exact) mass is 293 g/mol. The van der Waals surface area contributed by atoms with E-state index in [2.05, 4.69) is 27.3 Å². The van der Waals surface area contributed by atoms with Gasteiger partial charge in [0.1, 0.15) is 11.6 Å². The summed E-state index contributed by atoms with van der Waals surface area (Å²) in [5, 5.41) is 8.42. The lowest BCUT2D eigenvalue weighted by Gasteiger charge is -2.09. The number of hydrogen-bond acceptors (Lipinski definition) is 4. The van der Waals surface area contributed by atoms with E-state index in [4.69, 9.17) is 11.6 Å². The molecule has 0 bridgehead atoms. The third-order valence-corrected chi connectivity index (χ3v) is 3.60. The molecule has 0 aliphatic heterocycles. The number of aromatic nitrogens is 4. The van der Waals surface area contributed by atoms with Crippen molar-refractivity contribution in [3.05, 3.63) is 28.3 Å². The van der Waals surface area contributed by atoms with Gasteiger partial charge in [0.25, 0.3) is 0 Å². The van der Waals surface area contributed by atoms with E-state index in [0.717, 1.165) is 48.2 Å². The number of nitrogens with zero attached hydrogens (tertiary/aromatic N) is 4. The zero-order chi connectivity index (χ0) is 14.7. The summed E-state index contributed by atoms with van der Waals surface area (Å²) in [6.07, 6.45) is 1.83. The van der Waals surface area contributed by atoms with E-state index in [-0.39, 0.29) is 0 Å². The quantitative estimate of drug-likeness (QED) is 0.919. The number of nitrogens with one attached hydrogen (secondary N) is 1. The average Bonchev–Trinajstić information content (AvgIpc) is 2.72. The first kappa shape index (κ1) is 14.8. The van der Waals surface area contributed by atoms with Crippen LogP contribution in [0.3, 0.4) is 0 Å².